The first kappa shape index (κ1) is 9.19. The average molecular weight is 227 g/mol. The van der Waals surface area contributed by atoms with Gasteiger partial charge >= 0.3 is 0 Å². The maximum atomic E-state index is 11.1. The molecule has 2 heterocycles. The summed E-state index contributed by atoms with van der Waals surface area (Å²) in [5.41, 5.74) is 2.98. The van der Waals surface area contributed by atoms with Crippen LogP contribution in [0.1, 0.15) is 10.5 Å². The third kappa shape index (κ3) is 1.62. The lowest BCUT2D eigenvalue weighted by atomic mass is 10.4. The van der Waals surface area contributed by atoms with E-state index >= 15 is 0 Å². The predicted molar refractivity (Wildman–Crippen MR) is 52.7 cm³/mol. The highest BCUT2D eigenvalue weighted by atomic mass is 32.1. The van der Waals surface area contributed by atoms with Gasteiger partial charge in [-0.15, -0.1) is 16.4 Å². The highest BCUT2D eigenvalue weighted by molar-refractivity contribution is 7.13. The number of carbonyl (C=O) groups excluding carboxylic acids is 1. The number of nitrogens with two attached hydrogens (primary N) is 1. The Balaban J connectivity index is 2.31. The molecule has 3 N–H and O–H groups in total. The first-order valence-corrected chi connectivity index (χ1v) is 5.27. The van der Waals surface area contributed by atoms with Crippen molar-refractivity contribution in [1.82, 2.24) is 20.0 Å². The lowest BCUT2D eigenvalue weighted by Gasteiger charge is -1.91. The number of amides is 1. The fourth-order valence-electron chi connectivity index (χ4n) is 0.827. The van der Waals surface area contributed by atoms with Gasteiger partial charge in [0.2, 0.25) is 0 Å². The van der Waals surface area contributed by atoms with Crippen LogP contribution in [0.4, 0.5) is 0 Å². The van der Waals surface area contributed by atoms with Crippen molar-refractivity contribution in [3.63, 3.8) is 0 Å². The lowest BCUT2D eigenvalue weighted by Crippen LogP contribution is -2.30. The zero-order valence-corrected chi connectivity index (χ0v) is 8.43. The molecule has 2 aromatic heterocycles. The van der Waals surface area contributed by atoms with Crippen LogP contribution in [0.5, 0.6) is 0 Å². The number of aromatic nitrogens is 3. The van der Waals surface area contributed by atoms with E-state index in [2.05, 4.69) is 14.6 Å². The first-order chi connectivity index (χ1) is 6.81. The van der Waals surface area contributed by atoms with Gasteiger partial charge in [0.15, 0.2) is 0 Å². The van der Waals surface area contributed by atoms with Crippen molar-refractivity contribution < 1.29 is 4.79 Å². The summed E-state index contributed by atoms with van der Waals surface area (Å²) in [4.78, 5) is 15.1. The Morgan fingerprint density at radius 3 is 3.00 bits per heavy atom. The molecule has 0 aliphatic carbocycles. The van der Waals surface area contributed by atoms with Gasteiger partial charge in [0, 0.05) is 10.8 Å². The minimum absolute atomic E-state index is 0.292. The monoisotopic (exact) mass is 227 g/mol. The summed E-state index contributed by atoms with van der Waals surface area (Å²) < 4.78 is 3.71. The molecule has 0 aromatic carbocycles. The van der Waals surface area contributed by atoms with Gasteiger partial charge in [-0.25, -0.2) is 10.8 Å². The quantitative estimate of drug-likeness (QED) is 0.436. The lowest BCUT2D eigenvalue weighted by molar-refractivity contribution is 0.0949. The summed E-state index contributed by atoms with van der Waals surface area (Å²) in [5, 5.41) is 7.89. The minimum Gasteiger partial charge on any atom is -0.289 e. The number of hydrazine groups is 1. The average Bonchev–Trinajstić information content (AvgIpc) is 2.86. The van der Waals surface area contributed by atoms with E-state index in [9.17, 15) is 4.79 Å². The van der Waals surface area contributed by atoms with Crippen molar-refractivity contribution in [2.75, 3.05) is 0 Å². The number of nitrogens with one attached hydrogen (secondary N) is 1. The molecule has 0 bridgehead atoms. The third-order valence-electron chi connectivity index (χ3n) is 1.45. The summed E-state index contributed by atoms with van der Waals surface area (Å²) in [6.07, 6.45) is 0. The molecule has 1 amide bonds. The molecule has 0 saturated carbocycles. The number of hydrogen-bond donors (Lipinski definition) is 2. The molecule has 6 nitrogen and oxygen atoms in total. The summed E-state index contributed by atoms with van der Waals surface area (Å²) in [6, 6.07) is 0. The molecule has 0 unspecified atom stereocenters. The third-order valence-corrected chi connectivity index (χ3v) is 2.82. The molecule has 2 rings (SSSR count). The summed E-state index contributed by atoms with van der Waals surface area (Å²) >= 11 is 2.57. The minimum atomic E-state index is -0.407. The van der Waals surface area contributed by atoms with Crippen molar-refractivity contribution in [3.05, 3.63) is 16.5 Å². The summed E-state index contributed by atoms with van der Waals surface area (Å²) in [7, 11) is 0. The van der Waals surface area contributed by atoms with Gasteiger partial charge in [0.25, 0.3) is 5.91 Å². The van der Waals surface area contributed by atoms with Gasteiger partial charge in [-0.1, -0.05) is 4.49 Å². The fourth-order valence-corrected chi connectivity index (χ4v) is 2.10. The zero-order valence-electron chi connectivity index (χ0n) is 6.80. The van der Waals surface area contributed by atoms with Crippen LogP contribution in [-0.4, -0.2) is 20.5 Å². The topological polar surface area (TPSA) is 93.8 Å². The Morgan fingerprint density at radius 2 is 2.36 bits per heavy atom. The molecule has 0 radical (unpaired) electrons. The molecule has 0 atom stereocenters. The first-order valence-electron chi connectivity index (χ1n) is 3.55. The van der Waals surface area contributed by atoms with Gasteiger partial charge in [-0.3, -0.25) is 10.2 Å². The summed E-state index contributed by atoms with van der Waals surface area (Å²) in [6.45, 7) is 0. The maximum absolute atomic E-state index is 11.1. The zero-order chi connectivity index (χ0) is 9.97. The van der Waals surface area contributed by atoms with Crippen molar-refractivity contribution in [2.45, 2.75) is 0 Å². The normalized spacial score (nSPS) is 10.1. The van der Waals surface area contributed by atoms with E-state index in [0.29, 0.717) is 16.4 Å². The molecule has 0 spiro atoms. The fraction of sp³-hybridized carbons (Fsp3) is 0. The van der Waals surface area contributed by atoms with E-state index < -0.39 is 5.91 Å². The molecule has 2 aromatic rings. The predicted octanol–water partition coefficient (Wildman–Crippen LogP) is 0.265. The number of rotatable bonds is 2. The van der Waals surface area contributed by atoms with Crippen molar-refractivity contribution in [3.8, 4) is 10.7 Å². The number of hydrogen-bond acceptors (Lipinski definition) is 7. The number of carbonyl (C=O) groups is 1. The highest BCUT2D eigenvalue weighted by Gasteiger charge is 2.11. The van der Waals surface area contributed by atoms with Gasteiger partial charge in [0.1, 0.15) is 16.4 Å². The van der Waals surface area contributed by atoms with Gasteiger partial charge < -0.3 is 0 Å². The Bertz CT molecular complexity index is 437. The Hall–Kier alpha value is -1.38. The highest BCUT2D eigenvalue weighted by Crippen LogP contribution is 2.21. The molecular weight excluding hydrogens is 222 g/mol. The van der Waals surface area contributed by atoms with E-state index in [-0.39, 0.29) is 0 Å². The van der Waals surface area contributed by atoms with Crippen LogP contribution in [0.3, 0.4) is 0 Å². The molecule has 0 fully saturated rings. The van der Waals surface area contributed by atoms with Gasteiger partial charge in [0.05, 0.1) is 0 Å². The molecule has 0 saturated heterocycles. The molecular formula is C6H5N5OS2. The van der Waals surface area contributed by atoms with E-state index in [1.54, 1.807) is 10.8 Å². The van der Waals surface area contributed by atoms with E-state index in [1.165, 1.54) is 22.9 Å². The number of thiazole rings is 1. The Labute approximate surface area is 86.9 Å². The standard InChI is InChI=1S/C6H5N5OS2/c7-9-5(12)3-1-13-6(8-3)4-2-14-11-10-4/h1-2H,7H2,(H,9,12). The maximum Gasteiger partial charge on any atom is 0.284 e. The summed E-state index contributed by atoms with van der Waals surface area (Å²) in [5.74, 6) is 4.56. The second kappa shape index (κ2) is 3.78. The SMILES string of the molecule is NNC(=O)c1csc(-c2csnn2)n1. The molecule has 72 valence electrons. The molecule has 14 heavy (non-hydrogen) atoms. The second-order valence-corrected chi connectivity index (χ2v) is 3.77. The largest absolute Gasteiger partial charge is 0.289 e. The Kier molecular flexibility index (Phi) is 2.48. The van der Waals surface area contributed by atoms with E-state index in [4.69, 9.17) is 5.84 Å². The van der Waals surface area contributed by atoms with Gasteiger partial charge in [-0.2, -0.15) is 0 Å². The van der Waals surface area contributed by atoms with Crippen molar-refractivity contribution in [2.24, 2.45) is 5.84 Å². The smallest absolute Gasteiger partial charge is 0.284 e. The second-order valence-electron chi connectivity index (χ2n) is 2.30. The van der Waals surface area contributed by atoms with Crippen LogP contribution in [0, 0.1) is 0 Å². The van der Waals surface area contributed by atoms with Crippen LogP contribution in [0.15, 0.2) is 10.8 Å². The molecule has 8 heteroatoms. The molecule has 0 aliphatic rings. The van der Waals surface area contributed by atoms with Gasteiger partial charge in [-0.05, 0) is 11.5 Å². The number of nitrogen functional groups attached to an aromatic ring is 1. The Morgan fingerprint density at radius 1 is 1.50 bits per heavy atom. The van der Waals surface area contributed by atoms with Crippen LogP contribution in [0.2, 0.25) is 0 Å². The van der Waals surface area contributed by atoms with Crippen LogP contribution in [0.25, 0.3) is 10.7 Å². The van der Waals surface area contributed by atoms with Crippen LogP contribution < -0.4 is 11.3 Å². The number of nitrogens with zero attached hydrogens (tertiary/aromatic N) is 3. The molecule has 0 aliphatic heterocycles. The van der Waals surface area contributed by atoms with Crippen LogP contribution in [-0.2, 0) is 0 Å². The van der Waals surface area contributed by atoms with Crippen molar-refractivity contribution >= 4 is 28.8 Å². The van der Waals surface area contributed by atoms with E-state index in [1.807, 2.05) is 5.43 Å². The van der Waals surface area contributed by atoms with Crippen LogP contribution >= 0.6 is 22.9 Å². The van der Waals surface area contributed by atoms with Crippen molar-refractivity contribution in [1.29, 1.82) is 0 Å². The van der Waals surface area contributed by atoms with E-state index in [0.717, 1.165) is 0 Å².